The number of amides is 3. The van der Waals surface area contributed by atoms with Gasteiger partial charge in [-0.15, -0.1) is 0 Å². The number of likely N-dealkylation sites (tertiary alicyclic amines) is 1. The second-order valence-electron chi connectivity index (χ2n) is 7.86. The summed E-state index contributed by atoms with van der Waals surface area (Å²) in [6, 6.07) is 0.219. The predicted octanol–water partition coefficient (Wildman–Crippen LogP) is 2.19. The molecule has 0 saturated carbocycles. The number of aromatic amines is 1. The second-order valence-corrected chi connectivity index (χ2v) is 7.86. The third-order valence-electron chi connectivity index (χ3n) is 5.90. The van der Waals surface area contributed by atoms with Gasteiger partial charge in [0, 0.05) is 31.4 Å². The molecule has 7 nitrogen and oxygen atoms in total. The van der Waals surface area contributed by atoms with Crippen LogP contribution in [-0.2, 0) is 17.6 Å². The van der Waals surface area contributed by atoms with E-state index >= 15 is 0 Å². The molecule has 1 fully saturated rings. The van der Waals surface area contributed by atoms with E-state index < -0.39 is 0 Å². The van der Waals surface area contributed by atoms with Crippen molar-refractivity contribution in [2.45, 2.75) is 58.9 Å². The van der Waals surface area contributed by atoms with Crippen LogP contribution in [0.2, 0.25) is 0 Å². The van der Waals surface area contributed by atoms with Crippen LogP contribution in [0, 0.1) is 11.8 Å². The fourth-order valence-electron chi connectivity index (χ4n) is 4.73. The SMILES string of the molecule is CCCN(C(=O)NCC)C(=O)[C@@H]1C[C@@H]2Cc3[nH]ncc3C[C@H]2N(CCC)C1. The van der Waals surface area contributed by atoms with Crippen LogP contribution in [0.15, 0.2) is 6.20 Å². The van der Waals surface area contributed by atoms with Gasteiger partial charge in [-0.2, -0.15) is 5.10 Å². The molecule has 2 heterocycles. The largest absolute Gasteiger partial charge is 0.338 e. The van der Waals surface area contributed by atoms with E-state index in [-0.39, 0.29) is 17.9 Å². The van der Waals surface area contributed by atoms with E-state index in [0.29, 0.717) is 25.0 Å². The maximum Gasteiger partial charge on any atom is 0.324 e. The topological polar surface area (TPSA) is 81.3 Å². The van der Waals surface area contributed by atoms with Crippen LogP contribution in [-0.4, -0.2) is 64.2 Å². The Labute approximate surface area is 161 Å². The van der Waals surface area contributed by atoms with Crippen molar-refractivity contribution in [2.75, 3.05) is 26.2 Å². The lowest BCUT2D eigenvalue weighted by Crippen LogP contribution is -2.56. The number of nitrogens with zero attached hydrogens (tertiary/aromatic N) is 3. The van der Waals surface area contributed by atoms with E-state index in [1.54, 1.807) is 0 Å². The first-order valence-corrected chi connectivity index (χ1v) is 10.4. The van der Waals surface area contributed by atoms with Crippen molar-refractivity contribution in [3.63, 3.8) is 0 Å². The Bertz CT molecular complexity index is 659. The molecule has 7 heteroatoms. The smallest absolute Gasteiger partial charge is 0.324 e. The molecule has 150 valence electrons. The molecule has 0 spiro atoms. The Morgan fingerprint density at radius 2 is 2.11 bits per heavy atom. The number of carbonyl (C=O) groups is 2. The molecule has 3 atom stereocenters. The van der Waals surface area contributed by atoms with E-state index in [2.05, 4.69) is 27.3 Å². The average Bonchev–Trinajstić information content (AvgIpc) is 3.11. The molecule has 1 aliphatic carbocycles. The molecule has 3 amide bonds. The van der Waals surface area contributed by atoms with Crippen molar-refractivity contribution >= 4 is 11.9 Å². The Kier molecular flexibility index (Phi) is 6.52. The molecule has 27 heavy (non-hydrogen) atoms. The highest BCUT2D eigenvalue weighted by molar-refractivity contribution is 5.95. The van der Waals surface area contributed by atoms with Crippen LogP contribution in [0.25, 0.3) is 0 Å². The van der Waals surface area contributed by atoms with Gasteiger partial charge < -0.3 is 5.32 Å². The minimum absolute atomic E-state index is 0.0160. The summed E-state index contributed by atoms with van der Waals surface area (Å²) in [4.78, 5) is 29.6. The van der Waals surface area contributed by atoms with Gasteiger partial charge in [0.1, 0.15) is 0 Å². The Morgan fingerprint density at radius 3 is 2.81 bits per heavy atom. The van der Waals surface area contributed by atoms with E-state index in [4.69, 9.17) is 0 Å². The highest BCUT2D eigenvalue weighted by Gasteiger charge is 2.43. The van der Waals surface area contributed by atoms with Gasteiger partial charge in [0.2, 0.25) is 5.91 Å². The zero-order chi connectivity index (χ0) is 19.4. The minimum atomic E-state index is -0.256. The Balaban J connectivity index is 1.78. The van der Waals surface area contributed by atoms with E-state index in [0.717, 1.165) is 45.2 Å². The summed E-state index contributed by atoms with van der Waals surface area (Å²) < 4.78 is 0. The fraction of sp³-hybridized carbons (Fsp3) is 0.750. The zero-order valence-corrected chi connectivity index (χ0v) is 16.8. The molecule has 0 unspecified atom stereocenters. The van der Waals surface area contributed by atoms with Crippen molar-refractivity contribution < 1.29 is 9.59 Å². The molecule has 0 radical (unpaired) electrons. The number of hydrogen-bond acceptors (Lipinski definition) is 4. The van der Waals surface area contributed by atoms with Crippen LogP contribution in [0.1, 0.15) is 51.3 Å². The highest BCUT2D eigenvalue weighted by Crippen LogP contribution is 2.37. The maximum atomic E-state index is 13.2. The predicted molar refractivity (Wildman–Crippen MR) is 104 cm³/mol. The van der Waals surface area contributed by atoms with Gasteiger partial charge in [-0.25, -0.2) is 4.79 Å². The summed E-state index contributed by atoms with van der Waals surface area (Å²) in [6.45, 7) is 8.82. The first-order chi connectivity index (χ1) is 13.1. The van der Waals surface area contributed by atoms with E-state index in [9.17, 15) is 9.59 Å². The Morgan fingerprint density at radius 1 is 1.30 bits per heavy atom. The summed E-state index contributed by atoms with van der Waals surface area (Å²) in [5, 5.41) is 10.1. The zero-order valence-electron chi connectivity index (χ0n) is 16.8. The molecule has 0 bridgehead atoms. The second kappa shape index (κ2) is 8.87. The fourth-order valence-corrected chi connectivity index (χ4v) is 4.73. The Hall–Kier alpha value is -1.89. The molecular formula is C20H33N5O2. The van der Waals surface area contributed by atoms with Crippen LogP contribution >= 0.6 is 0 Å². The van der Waals surface area contributed by atoms with Gasteiger partial charge in [-0.05, 0) is 57.1 Å². The molecule has 1 aromatic heterocycles. The lowest BCUT2D eigenvalue weighted by atomic mass is 9.74. The summed E-state index contributed by atoms with van der Waals surface area (Å²) in [7, 11) is 0. The van der Waals surface area contributed by atoms with Gasteiger partial charge >= 0.3 is 6.03 Å². The number of nitrogens with one attached hydrogen (secondary N) is 2. The van der Waals surface area contributed by atoms with Crippen LogP contribution in [0.5, 0.6) is 0 Å². The van der Waals surface area contributed by atoms with Gasteiger partial charge in [-0.1, -0.05) is 13.8 Å². The molecule has 3 rings (SSSR count). The van der Waals surface area contributed by atoms with Gasteiger partial charge in [0.05, 0.1) is 12.1 Å². The van der Waals surface area contributed by atoms with Gasteiger partial charge in [0.25, 0.3) is 0 Å². The summed E-state index contributed by atoms with van der Waals surface area (Å²) in [5.74, 6) is 0.305. The lowest BCUT2D eigenvalue weighted by molar-refractivity contribution is -0.136. The van der Waals surface area contributed by atoms with Crippen molar-refractivity contribution in [1.29, 1.82) is 0 Å². The van der Waals surface area contributed by atoms with Crippen molar-refractivity contribution in [3.8, 4) is 0 Å². The lowest BCUT2D eigenvalue weighted by Gasteiger charge is -2.47. The number of aromatic nitrogens is 2. The number of rotatable bonds is 6. The van der Waals surface area contributed by atoms with E-state index in [1.807, 2.05) is 20.0 Å². The molecule has 1 aliphatic heterocycles. The number of hydrogen-bond donors (Lipinski definition) is 2. The summed E-state index contributed by atoms with van der Waals surface area (Å²) in [5.41, 5.74) is 2.53. The molecule has 1 aromatic rings. The number of imide groups is 1. The molecular weight excluding hydrogens is 342 g/mol. The molecule has 1 saturated heterocycles. The van der Waals surface area contributed by atoms with Crippen LogP contribution < -0.4 is 5.32 Å². The first kappa shape index (κ1) is 19.9. The third kappa shape index (κ3) is 4.18. The first-order valence-electron chi connectivity index (χ1n) is 10.4. The quantitative estimate of drug-likeness (QED) is 0.799. The summed E-state index contributed by atoms with van der Waals surface area (Å²) >= 11 is 0. The molecule has 2 N–H and O–H groups in total. The van der Waals surface area contributed by atoms with Crippen LogP contribution in [0.4, 0.5) is 4.79 Å². The monoisotopic (exact) mass is 375 g/mol. The number of piperidine rings is 1. The maximum absolute atomic E-state index is 13.2. The van der Waals surface area contributed by atoms with E-state index in [1.165, 1.54) is 16.2 Å². The average molecular weight is 376 g/mol. The highest BCUT2D eigenvalue weighted by atomic mass is 16.2. The van der Waals surface area contributed by atoms with Crippen molar-refractivity contribution in [2.24, 2.45) is 11.8 Å². The number of fused-ring (bicyclic) bond motifs is 2. The molecule has 0 aromatic carbocycles. The minimum Gasteiger partial charge on any atom is -0.338 e. The van der Waals surface area contributed by atoms with Crippen LogP contribution in [0.3, 0.4) is 0 Å². The normalized spacial score (nSPS) is 24.8. The third-order valence-corrected chi connectivity index (χ3v) is 5.90. The summed E-state index contributed by atoms with van der Waals surface area (Å²) in [6.07, 6.45) is 6.59. The number of urea groups is 1. The van der Waals surface area contributed by atoms with Gasteiger partial charge in [-0.3, -0.25) is 19.7 Å². The standard InChI is InChI=1S/C20H33N5O2/c1-4-7-24-13-16(19(26)25(8-5-2)20(27)21-6-3)9-14-10-17-15(11-18(14)24)12-22-23-17/h12,14,16,18H,4-11,13H2,1-3H3,(H,21,27)(H,22,23)/t14-,16-,18-/m1/s1. The van der Waals surface area contributed by atoms with Crippen molar-refractivity contribution in [1.82, 2.24) is 25.3 Å². The van der Waals surface area contributed by atoms with Crippen molar-refractivity contribution in [3.05, 3.63) is 17.5 Å². The molecule has 2 aliphatic rings. The number of H-pyrrole nitrogens is 1. The van der Waals surface area contributed by atoms with Gasteiger partial charge in [0.15, 0.2) is 0 Å². The number of carbonyl (C=O) groups excluding carboxylic acids is 2.